The second kappa shape index (κ2) is 5.49. The van der Waals surface area contributed by atoms with E-state index >= 15 is 0 Å². The first-order valence-corrected chi connectivity index (χ1v) is 6.18. The summed E-state index contributed by atoms with van der Waals surface area (Å²) < 4.78 is 4.88. The van der Waals surface area contributed by atoms with Crippen molar-refractivity contribution >= 4 is 11.7 Å². The molecular weight excluding hydrogens is 234 g/mol. The van der Waals surface area contributed by atoms with Crippen LogP contribution in [0.2, 0.25) is 0 Å². The van der Waals surface area contributed by atoms with Crippen LogP contribution in [-0.2, 0) is 4.79 Å². The topological polar surface area (TPSA) is 78.6 Å². The Morgan fingerprint density at radius 2 is 2.50 bits per heavy atom. The van der Waals surface area contributed by atoms with Crippen LogP contribution in [0, 0.1) is 12.8 Å². The molecule has 0 aromatic carbocycles. The van der Waals surface area contributed by atoms with Crippen molar-refractivity contribution in [1.82, 2.24) is 10.1 Å². The van der Waals surface area contributed by atoms with Crippen molar-refractivity contribution in [2.24, 2.45) is 5.92 Å². The number of aromatic nitrogens is 1. The van der Waals surface area contributed by atoms with Gasteiger partial charge in [0.15, 0.2) is 5.82 Å². The van der Waals surface area contributed by atoms with Gasteiger partial charge in [0.05, 0.1) is 12.6 Å². The number of nitrogens with zero attached hydrogens (tertiary/aromatic N) is 2. The molecule has 0 bridgehead atoms. The fraction of sp³-hybridized carbons (Fsp3) is 0.667. The molecule has 6 heteroatoms. The molecule has 1 aliphatic heterocycles. The predicted molar refractivity (Wildman–Crippen MR) is 66.1 cm³/mol. The van der Waals surface area contributed by atoms with E-state index in [1.54, 1.807) is 13.0 Å². The molecule has 1 aliphatic rings. The van der Waals surface area contributed by atoms with Gasteiger partial charge in [-0.2, -0.15) is 0 Å². The minimum absolute atomic E-state index is 0.105. The Hall–Kier alpha value is -1.40. The van der Waals surface area contributed by atoms with Gasteiger partial charge in [0.1, 0.15) is 5.76 Å². The van der Waals surface area contributed by atoms with Crippen molar-refractivity contribution in [2.75, 3.05) is 25.0 Å². The van der Waals surface area contributed by atoms with Gasteiger partial charge in [0, 0.05) is 19.2 Å². The Kier molecular flexibility index (Phi) is 3.98. The molecule has 100 valence electrons. The predicted octanol–water partition coefficient (Wildman–Crippen LogP) is 0.624. The number of piperidine rings is 1. The fourth-order valence-electron chi connectivity index (χ4n) is 2.17. The van der Waals surface area contributed by atoms with Crippen molar-refractivity contribution in [1.29, 1.82) is 0 Å². The van der Waals surface area contributed by atoms with E-state index in [1.165, 1.54) is 0 Å². The van der Waals surface area contributed by atoms with Gasteiger partial charge in [-0.1, -0.05) is 12.1 Å². The van der Waals surface area contributed by atoms with Crippen molar-refractivity contribution in [3.63, 3.8) is 0 Å². The third kappa shape index (κ3) is 3.30. The zero-order valence-corrected chi connectivity index (χ0v) is 10.7. The van der Waals surface area contributed by atoms with Crippen LogP contribution in [0.4, 0.5) is 5.82 Å². The molecule has 2 N–H and O–H groups in total. The summed E-state index contributed by atoms with van der Waals surface area (Å²) in [5.41, 5.74) is 0. The minimum Gasteiger partial charge on any atom is -0.393 e. The molecule has 2 atom stereocenters. The minimum atomic E-state index is -0.248. The lowest BCUT2D eigenvalue weighted by Gasteiger charge is -2.33. The zero-order valence-electron chi connectivity index (χ0n) is 10.7. The summed E-state index contributed by atoms with van der Waals surface area (Å²) in [6.45, 7) is 5.58. The summed E-state index contributed by atoms with van der Waals surface area (Å²) in [5, 5.41) is 16.0. The number of likely N-dealkylation sites (tertiary alicyclic amines) is 1. The second-order valence-electron chi connectivity index (χ2n) is 4.94. The SMILES string of the molecule is Cc1cc(NC(=O)CN2CCC(O)C(C)C2)no1. The van der Waals surface area contributed by atoms with Crippen LogP contribution in [0.3, 0.4) is 0 Å². The van der Waals surface area contributed by atoms with E-state index in [9.17, 15) is 9.90 Å². The maximum absolute atomic E-state index is 11.8. The number of aliphatic hydroxyl groups excluding tert-OH is 1. The number of carbonyl (C=O) groups excluding carboxylic acids is 1. The molecule has 1 fully saturated rings. The Morgan fingerprint density at radius 1 is 1.72 bits per heavy atom. The number of hydrogen-bond donors (Lipinski definition) is 2. The highest BCUT2D eigenvalue weighted by Crippen LogP contribution is 2.16. The average Bonchev–Trinajstić information content (AvgIpc) is 2.69. The third-order valence-corrected chi connectivity index (χ3v) is 3.21. The number of hydrogen-bond acceptors (Lipinski definition) is 5. The Balaban J connectivity index is 1.81. The Morgan fingerprint density at radius 3 is 3.11 bits per heavy atom. The van der Waals surface area contributed by atoms with Crippen LogP contribution in [0.15, 0.2) is 10.6 Å². The first-order valence-electron chi connectivity index (χ1n) is 6.18. The molecule has 6 nitrogen and oxygen atoms in total. The lowest BCUT2D eigenvalue weighted by molar-refractivity contribution is -0.118. The van der Waals surface area contributed by atoms with Gasteiger partial charge in [-0.25, -0.2) is 0 Å². The monoisotopic (exact) mass is 253 g/mol. The van der Waals surface area contributed by atoms with Gasteiger partial charge >= 0.3 is 0 Å². The fourth-order valence-corrected chi connectivity index (χ4v) is 2.17. The van der Waals surface area contributed by atoms with E-state index < -0.39 is 0 Å². The van der Waals surface area contributed by atoms with E-state index in [2.05, 4.69) is 10.5 Å². The molecule has 0 saturated carbocycles. The normalized spacial score (nSPS) is 25.1. The van der Waals surface area contributed by atoms with Gasteiger partial charge in [0.25, 0.3) is 0 Å². The van der Waals surface area contributed by atoms with Gasteiger partial charge in [-0.05, 0) is 19.3 Å². The molecule has 0 radical (unpaired) electrons. The quantitative estimate of drug-likeness (QED) is 0.825. The average molecular weight is 253 g/mol. The number of rotatable bonds is 3. The third-order valence-electron chi connectivity index (χ3n) is 3.21. The van der Waals surface area contributed by atoms with Gasteiger partial charge in [-0.3, -0.25) is 9.69 Å². The number of anilines is 1. The van der Waals surface area contributed by atoms with Crippen molar-refractivity contribution in [3.8, 4) is 0 Å². The summed E-state index contributed by atoms with van der Waals surface area (Å²) >= 11 is 0. The molecule has 1 amide bonds. The molecular formula is C12H19N3O3. The number of amides is 1. The highest BCUT2D eigenvalue weighted by atomic mass is 16.5. The van der Waals surface area contributed by atoms with E-state index in [1.807, 2.05) is 11.8 Å². The Labute approximate surface area is 106 Å². The summed E-state index contributed by atoms with van der Waals surface area (Å²) in [6.07, 6.45) is 0.472. The lowest BCUT2D eigenvalue weighted by atomic mass is 9.97. The molecule has 1 saturated heterocycles. The van der Waals surface area contributed by atoms with Crippen molar-refractivity contribution < 1.29 is 14.4 Å². The second-order valence-corrected chi connectivity index (χ2v) is 4.94. The first kappa shape index (κ1) is 13.0. The number of nitrogens with one attached hydrogen (secondary N) is 1. The highest BCUT2D eigenvalue weighted by Gasteiger charge is 2.25. The molecule has 18 heavy (non-hydrogen) atoms. The highest BCUT2D eigenvalue weighted by molar-refractivity contribution is 5.91. The Bertz CT molecular complexity index is 418. The van der Waals surface area contributed by atoms with Crippen LogP contribution in [0.1, 0.15) is 19.1 Å². The van der Waals surface area contributed by atoms with Crippen molar-refractivity contribution in [3.05, 3.63) is 11.8 Å². The standard InChI is InChI=1S/C12H19N3O3/c1-8-6-15(4-3-10(8)16)7-12(17)13-11-5-9(2)18-14-11/h5,8,10,16H,3-4,6-7H2,1-2H3,(H,13,14,17). The number of aliphatic hydroxyl groups is 1. The summed E-state index contributed by atoms with van der Waals surface area (Å²) in [7, 11) is 0. The van der Waals surface area contributed by atoms with E-state index in [4.69, 9.17) is 4.52 Å². The lowest BCUT2D eigenvalue weighted by Crippen LogP contribution is -2.45. The molecule has 0 aliphatic carbocycles. The summed E-state index contributed by atoms with van der Waals surface area (Å²) in [5.74, 6) is 1.22. The number of aryl methyl sites for hydroxylation is 1. The molecule has 2 heterocycles. The van der Waals surface area contributed by atoms with Crippen molar-refractivity contribution in [2.45, 2.75) is 26.4 Å². The summed E-state index contributed by atoms with van der Waals surface area (Å²) in [4.78, 5) is 13.8. The van der Waals surface area contributed by atoms with Crippen LogP contribution in [0.25, 0.3) is 0 Å². The smallest absolute Gasteiger partial charge is 0.239 e. The molecule has 1 aromatic rings. The molecule has 2 unspecified atom stereocenters. The zero-order chi connectivity index (χ0) is 13.1. The first-order chi connectivity index (χ1) is 8.54. The van der Waals surface area contributed by atoms with Gasteiger partial charge < -0.3 is 14.9 Å². The van der Waals surface area contributed by atoms with Crippen LogP contribution >= 0.6 is 0 Å². The van der Waals surface area contributed by atoms with Gasteiger partial charge in [-0.15, -0.1) is 0 Å². The summed E-state index contributed by atoms with van der Waals surface area (Å²) in [6, 6.07) is 1.68. The largest absolute Gasteiger partial charge is 0.393 e. The van der Waals surface area contributed by atoms with E-state index in [-0.39, 0.29) is 17.9 Å². The van der Waals surface area contributed by atoms with Crippen LogP contribution in [-0.4, -0.2) is 46.8 Å². The molecule has 1 aromatic heterocycles. The molecule has 2 rings (SSSR count). The van der Waals surface area contributed by atoms with Crippen LogP contribution in [0.5, 0.6) is 0 Å². The van der Waals surface area contributed by atoms with E-state index in [0.717, 1.165) is 19.5 Å². The van der Waals surface area contributed by atoms with Crippen LogP contribution < -0.4 is 5.32 Å². The maximum Gasteiger partial charge on any atom is 0.239 e. The molecule has 0 spiro atoms. The van der Waals surface area contributed by atoms with Gasteiger partial charge in [0.2, 0.25) is 5.91 Å². The maximum atomic E-state index is 11.8. The number of carbonyl (C=O) groups is 1. The van der Waals surface area contributed by atoms with E-state index in [0.29, 0.717) is 18.1 Å².